The van der Waals surface area contributed by atoms with E-state index in [0.717, 1.165) is 11.9 Å². The lowest BCUT2D eigenvalue weighted by atomic mass is 10.0. The monoisotopic (exact) mass is 251 g/mol. The number of halogens is 2. The summed E-state index contributed by atoms with van der Waals surface area (Å²) in [6.07, 6.45) is 4.08. The second-order valence-corrected chi connectivity index (χ2v) is 4.17. The van der Waals surface area contributed by atoms with E-state index in [0.29, 0.717) is 12.0 Å². The van der Waals surface area contributed by atoms with Crippen LogP contribution in [0.15, 0.2) is 30.6 Å². The van der Waals surface area contributed by atoms with Crippen LogP contribution in [-0.2, 0) is 13.5 Å². The van der Waals surface area contributed by atoms with E-state index in [4.69, 9.17) is 0 Å². The van der Waals surface area contributed by atoms with Crippen molar-refractivity contribution in [3.63, 3.8) is 0 Å². The second-order valence-electron chi connectivity index (χ2n) is 4.17. The van der Waals surface area contributed by atoms with Crippen LogP contribution in [0.2, 0.25) is 0 Å². The van der Waals surface area contributed by atoms with Crippen molar-refractivity contribution in [1.29, 1.82) is 0 Å². The van der Waals surface area contributed by atoms with Crippen LogP contribution in [0.4, 0.5) is 8.78 Å². The number of benzene rings is 1. The molecule has 0 radical (unpaired) electrons. The van der Waals surface area contributed by atoms with E-state index in [1.165, 1.54) is 12.1 Å². The topological polar surface area (TPSA) is 29.9 Å². The van der Waals surface area contributed by atoms with Gasteiger partial charge in [0.25, 0.3) is 0 Å². The standard InChI is InChI=1S/C13H15F2N3/c1-16-12(8-13-17-5-6-18(13)2)10-4-3-9(14)7-11(10)15/h3-7,12,16H,8H2,1-2H3. The number of hydrogen-bond donors (Lipinski definition) is 1. The van der Waals surface area contributed by atoms with E-state index < -0.39 is 11.6 Å². The second kappa shape index (κ2) is 5.27. The Morgan fingerprint density at radius 2 is 2.17 bits per heavy atom. The Hall–Kier alpha value is -1.75. The minimum atomic E-state index is -0.567. The molecular formula is C13H15F2N3. The molecule has 5 heteroatoms. The molecule has 0 aliphatic heterocycles. The molecule has 0 aliphatic rings. The number of nitrogens with zero attached hydrogens (tertiary/aromatic N) is 2. The zero-order valence-corrected chi connectivity index (χ0v) is 10.3. The lowest BCUT2D eigenvalue weighted by molar-refractivity contribution is 0.510. The van der Waals surface area contributed by atoms with Gasteiger partial charge in [-0.15, -0.1) is 0 Å². The van der Waals surface area contributed by atoms with Crippen molar-refractivity contribution in [3.8, 4) is 0 Å². The molecule has 96 valence electrons. The summed E-state index contributed by atoms with van der Waals surface area (Å²) < 4.78 is 28.5. The molecule has 18 heavy (non-hydrogen) atoms. The van der Waals surface area contributed by atoms with E-state index in [1.807, 2.05) is 17.8 Å². The largest absolute Gasteiger partial charge is 0.338 e. The third-order valence-corrected chi connectivity index (χ3v) is 2.99. The molecule has 2 rings (SSSR count). The van der Waals surface area contributed by atoms with Gasteiger partial charge in [-0.3, -0.25) is 0 Å². The minimum Gasteiger partial charge on any atom is -0.338 e. The summed E-state index contributed by atoms with van der Waals surface area (Å²) in [7, 11) is 3.63. The highest BCUT2D eigenvalue weighted by Crippen LogP contribution is 2.21. The maximum absolute atomic E-state index is 13.7. The first kappa shape index (κ1) is 12.7. The number of likely N-dealkylation sites (N-methyl/N-ethyl adjacent to an activating group) is 1. The van der Waals surface area contributed by atoms with Gasteiger partial charge in [0, 0.05) is 43.5 Å². The minimum absolute atomic E-state index is 0.230. The van der Waals surface area contributed by atoms with Crippen LogP contribution in [0.3, 0.4) is 0 Å². The number of imidazole rings is 1. The number of aromatic nitrogens is 2. The SMILES string of the molecule is CNC(Cc1nccn1C)c1ccc(F)cc1F. The molecule has 1 atom stereocenters. The summed E-state index contributed by atoms with van der Waals surface area (Å²) in [5.74, 6) is -0.260. The molecular weight excluding hydrogens is 236 g/mol. The van der Waals surface area contributed by atoms with Gasteiger partial charge in [-0.2, -0.15) is 0 Å². The van der Waals surface area contributed by atoms with Crippen molar-refractivity contribution in [2.24, 2.45) is 7.05 Å². The lowest BCUT2D eigenvalue weighted by Crippen LogP contribution is -2.21. The predicted octanol–water partition coefficient (Wildman–Crippen LogP) is 2.20. The van der Waals surface area contributed by atoms with Crippen molar-refractivity contribution >= 4 is 0 Å². The first-order valence-corrected chi connectivity index (χ1v) is 5.70. The maximum Gasteiger partial charge on any atom is 0.130 e. The van der Waals surface area contributed by atoms with Gasteiger partial charge in [-0.25, -0.2) is 13.8 Å². The molecule has 0 amide bonds. The summed E-state index contributed by atoms with van der Waals surface area (Å²) in [5.41, 5.74) is 0.446. The Bertz CT molecular complexity index is 537. The van der Waals surface area contributed by atoms with Crippen molar-refractivity contribution in [1.82, 2.24) is 14.9 Å². The number of nitrogens with one attached hydrogen (secondary N) is 1. The summed E-state index contributed by atoms with van der Waals surface area (Å²) >= 11 is 0. The Morgan fingerprint density at radius 1 is 1.39 bits per heavy atom. The van der Waals surface area contributed by atoms with Gasteiger partial charge in [-0.1, -0.05) is 6.07 Å². The van der Waals surface area contributed by atoms with Gasteiger partial charge in [-0.05, 0) is 13.1 Å². The van der Waals surface area contributed by atoms with E-state index in [-0.39, 0.29) is 6.04 Å². The average molecular weight is 251 g/mol. The molecule has 1 N–H and O–H groups in total. The molecule has 0 spiro atoms. The van der Waals surface area contributed by atoms with E-state index in [1.54, 1.807) is 13.2 Å². The fraction of sp³-hybridized carbons (Fsp3) is 0.308. The van der Waals surface area contributed by atoms with E-state index in [9.17, 15) is 8.78 Å². The smallest absolute Gasteiger partial charge is 0.130 e. The van der Waals surface area contributed by atoms with Gasteiger partial charge < -0.3 is 9.88 Å². The highest BCUT2D eigenvalue weighted by molar-refractivity contribution is 5.23. The van der Waals surface area contributed by atoms with Gasteiger partial charge >= 0.3 is 0 Å². The average Bonchev–Trinajstić information content (AvgIpc) is 2.73. The van der Waals surface area contributed by atoms with Crippen molar-refractivity contribution in [2.45, 2.75) is 12.5 Å². The molecule has 0 aliphatic carbocycles. The number of hydrogen-bond acceptors (Lipinski definition) is 2. The molecule has 0 saturated carbocycles. The molecule has 3 nitrogen and oxygen atoms in total. The highest BCUT2D eigenvalue weighted by Gasteiger charge is 2.16. The molecule has 1 unspecified atom stereocenters. The third-order valence-electron chi connectivity index (χ3n) is 2.99. The first-order valence-electron chi connectivity index (χ1n) is 5.70. The van der Waals surface area contributed by atoms with Crippen molar-refractivity contribution < 1.29 is 8.78 Å². The number of rotatable bonds is 4. The lowest BCUT2D eigenvalue weighted by Gasteiger charge is -2.17. The van der Waals surface area contributed by atoms with Crippen LogP contribution < -0.4 is 5.32 Å². The van der Waals surface area contributed by atoms with Crippen LogP contribution in [0.1, 0.15) is 17.4 Å². The maximum atomic E-state index is 13.7. The summed E-state index contributed by atoms with van der Waals surface area (Å²) in [6.45, 7) is 0. The fourth-order valence-corrected chi connectivity index (χ4v) is 1.93. The molecule has 2 aromatic rings. The normalized spacial score (nSPS) is 12.7. The summed E-state index contributed by atoms with van der Waals surface area (Å²) in [5, 5.41) is 3.03. The molecule has 1 aromatic carbocycles. The molecule has 0 saturated heterocycles. The Kier molecular flexibility index (Phi) is 3.72. The van der Waals surface area contributed by atoms with Gasteiger partial charge in [0.2, 0.25) is 0 Å². The van der Waals surface area contributed by atoms with Crippen LogP contribution in [-0.4, -0.2) is 16.6 Å². The van der Waals surface area contributed by atoms with Crippen molar-refractivity contribution in [2.75, 3.05) is 7.05 Å². The van der Waals surface area contributed by atoms with Crippen LogP contribution in [0.5, 0.6) is 0 Å². The molecule has 1 aromatic heterocycles. The van der Waals surface area contributed by atoms with Gasteiger partial charge in [0.05, 0.1) is 0 Å². The Morgan fingerprint density at radius 3 is 2.72 bits per heavy atom. The fourth-order valence-electron chi connectivity index (χ4n) is 1.93. The number of aryl methyl sites for hydroxylation is 1. The van der Waals surface area contributed by atoms with Gasteiger partial charge in [0.1, 0.15) is 17.5 Å². The van der Waals surface area contributed by atoms with Crippen LogP contribution in [0.25, 0.3) is 0 Å². The first-order chi connectivity index (χ1) is 8.61. The Labute approximate surface area is 104 Å². The van der Waals surface area contributed by atoms with Crippen molar-refractivity contribution in [3.05, 3.63) is 53.6 Å². The van der Waals surface area contributed by atoms with Gasteiger partial charge in [0.15, 0.2) is 0 Å². The predicted molar refractivity (Wildman–Crippen MR) is 65.1 cm³/mol. The van der Waals surface area contributed by atoms with E-state index >= 15 is 0 Å². The molecule has 1 heterocycles. The van der Waals surface area contributed by atoms with Crippen LogP contribution in [0, 0.1) is 11.6 Å². The molecule has 0 fully saturated rings. The summed E-state index contributed by atoms with van der Waals surface area (Å²) in [4.78, 5) is 4.20. The zero-order chi connectivity index (χ0) is 13.1. The zero-order valence-electron chi connectivity index (χ0n) is 10.3. The highest BCUT2D eigenvalue weighted by atomic mass is 19.1. The summed E-state index contributed by atoms with van der Waals surface area (Å²) in [6, 6.07) is 3.40. The molecule has 0 bridgehead atoms. The van der Waals surface area contributed by atoms with Crippen LogP contribution >= 0.6 is 0 Å². The third kappa shape index (κ3) is 2.56. The quantitative estimate of drug-likeness (QED) is 0.902. The van der Waals surface area contributed by atoms with E-state index in [2.05, 4.69) is 10.3 Å². The Balaban J connectivity index is 2.26.